The number of pyridine rings is 1. The number of nitro benzene ring substituents is 1. The molecule has 0 saturated carbocycles. The molecule has 1 aliphatic heterocycles. The molecule has 27 heavy (non-hydrogen) atoms. The molecule has 0 bridgehead atoms. The third kappa shape index (κ3) is 4.00. The van der Waals surface area contributed by atoms with E-state index < -0.39 is 14.9 Å². The second-order valence-corrected chi connectivity index (χ2v) is 8.52. The number of hydrogen-bond acceptors (Lipinski definition) is 6. The molecule has 1 aromatic carbocycles. The summed E-state index contributed by atoms with van der Waals surface area (Å²) < 4.78 is 27.4. The highest BCUT2D eigenvalue weighted by molar-refractivity contribution is 7.89. The molecule has 0 aliphatic carbocycles. The first-order valence-electron chi connectivity index (χ1n) is 8.70. The Morgan fingerprint density at radius 3 is 2.48 bits per heavy atom. The van der Waals surface area contributed by atoms with Crippen LogP contribution in [0, 0.1) is 17.0 Å². The maximum Gasteiger partial charge on any atom is 0.270 e. The quantitative estimate of drug-likeness (QED) is 0.574. The monoisotopic (exact) mass is 390 g/mol. The lowest BCUT2D eigenvalue weighted by molar-refractivity contribution is -0.385. The predicted octanol–water partition coefficient (Wildman–Crippen LogP) is 2.37. The lowest BCUT2D eigenvalue weighted by Gasteiger charge is -2.37. The molecule has 0 N–H and O–H groups in total. The molecular weight excluding hydrogens is 368 g/mol. The summed E-state index contributed by atoms with van der Waals surface area (Å²) in [5.74, 6) is 0. The highest BCUT2D eigenvalue weighted by Gasteiger charge is 2.32. The second-order valence-electron chi connectivity index (χ2n) is 6.61. The molecule has 0 radical (unpaired) electrons. The van der Waals surface area contributed by atoms with Crippen molar-refractivity contribution in [2.24, 2.45) is 0 Å². The van der Waals surface area contributed by atoms with E-state index in [-0.39, 0.29) is 16.6 Å². The Balaban J connectivity index is 1.75. The van der Waals surface area contributed by atoms with Crippen LogP contribution in [0.2, 0.25) is 0 Å². The summed E-state index contributed by atoms with van der Waals surface area (Å²) in [5, 5.41) is 11.0. The molecule has 2 aromatic rings. The molecule has 0 unspecified atom stereocenters. The predicted molar refractivity (Wildman–Crippen MR) is 101 cm³/mol. The van der Waals surface area contributed by atoms with E-state index in [9.17, 15) is 18.5 Å². The third-order valence-corrected chi connectivity index (χ3v) is 7.03. The molecule has 0 amide bonds. The van der Waals surface area contributed by atoms with Gasteiger partial charge in [0.2, 0.25) is 10.0 Å². The molecule has 9 heteroatoms. The molecule has 1 aliphatic rings. The Labute approximate surface area is 158 Å². The number of non-ortho nitro benzene ring substituents is 1. The van der Waals surface area contributed by atoms with Crippen molar-refractivity contribution in [3.05, 3.63) is 64.0 Å². The summed E-state index contributed by atoms with van der Waals surface area (Å²) in [6.07, 6.45) is 3.54. The van der Waals surface area contributed by atoms with Crippen molar-refractivity contribution < 1.29 is 13.3 Å². The van der Waals surface area contributed by atoms with Gasteiger partial charge in [-0.15, -0.1) is 0 Å². The van der Waals surface area contributed by atoms with Gasteiger partial charge < -0.3 is 0 Å². The Kier molecular flexibility index (Phi) is 5.54. The molecule has 1 saturated heterocycles. The molecule has 0 spiro atoms. The number of aromatic nitrogens is 1. The zero-order valence-corrected chi connectivity index (χ0v) is 16.1. The Hall–Kier alpha value is -2.36. The zero-order valence-electron chi connectivity index (χ0n) is 15.3. The van der Waals surface area contributed by atoms with Crippen LogP contribution >= 0.6 is 0 Å². The van der Waals surface area contributed by atoms with Crippen molar-refractivity contribution in [2.45, 2.75) is 24.8 Å². The summed E-state index contributed by atoms with van der Waals surface area (Å²) in [6.45, 7) is 5.58. The van der Waals surface area contributed by atoms with Crippen LogP contribution in [0.15, 0.2) is 47.6 Å². The lowest BCUT2D eigenvalue weighted by atomic mass is 10.1. The topological polar surface area (TPSA) is 96.6 Å². The Bertz CT molecular complexity index is 926. The second kappa shape index (κ2) is 7.71. The van der Waals surface area contributed by atoms with Gasteiger partial charge in [-0.05, 0) is 31.0 Å². The van der Waals surface area contributed by atoms with Crippen LogP contribution in [0.4, 0.5) is 5.69 Å². The lowest BCUT2D eigenvalue weighted by Crippen LogP contribution is -2.49. The highest BCUT2D eigenvalue weighted by Crippen LogP contribution is 2.27. The van der Waals surface area contributed by atoms with Gasteiger partial charge in [0.25, 0.3) is 5.69 Å². The van der Waals surface area contributed by atoms with Gasteiger partial charge in [0.1, 0.15) is 0 Å². The van der Waals surface area contributed by atoms with Crippen LogP contribution in [-0.2, 0) is 10.0 Å². The third-order valence-electron chi connectivity index (χ3n) is 4.99. The fraction of sp³-hybridized carbons (Fsp3) is 0.389. The van der Waals surface area contributed by atoms with Gasteiger partial charge in [-0.25, -0.2) is 8.42 Å². The van der Waals surface area contributed by atoms with E-state index in [1.165, 1.54) is 16.4 Å². The number of aryl methyl sites for hydroxylation is 1. The Morgan fingerprint density at radius 2 is 1.89 bits per heavy atom. The molecule has 1 atom stereocenters. The summed E-state index contributed by atoms with van der Waals surface area (Å²) >= 11 is 0. The van der Waals surface area contributed by atoms with Gasteiger partial charge in [0.15, 0.2) is 0 Å². The highest BCUT2D eigenvalue weighted by atomic mass is 32.2. The summed E-state index contributed by atoms with van der Waals surface area (Å²) in [5.41, 5.74) is 1.37. The first-order valence-corrected chi connectivity index (χ1v) is 10.1. The molecule has 3 rings (SSSR count). The van der Waals surface area contributed by atoms with Crippen LogP contribution < -0.4 is 0 Å². The van der Waals surface area contributed by atoms with Crippen molar-refractivity contribution in [2.75, 3.05) is 26.2 Å². The fourth-order valence-corrected chi connectivity index (χ4v) is 4.95. The average molecular weight is 390 g/mol. The van der Waals surface area contributed by atoms with Crippen LogP contribution in [0.1, 0.15) is 24.1 Å². The fourth-order valence-electron chi connectivity index (χ4n) is 3.28. The van der Waals surface area contributed by atoms with Crippen molar-refractivity contribution >= 4 is 15.7 Å². The van der Waals surface area contributed by atoms with Crippen LogP contribution in [0.3, 0.4) is 0 Å². The van der Waals surface area contributed by atoms with E-state index in [1.54, 1.807) is 13.1 Å². The average Bonchev–Trinajstić information content (AvgIpc) is 2.68. The molecule has 1 fully saturated rings. The normalized spacial score (nSPS) is 17.6. The number of rotatable bonds is 5. The van der Waals surface area contributed by atoms with Crippen molar-refractivity contribution in [3.8, 4) is 0 Å². The minimum absolute atomic E-state index is 0.00505. The van der Waals surface area contributed by atoms with E-state index in [2.05, 4.69) is 16.8 Å². The number of nitrogens with zero attached hydrogens (tertiary/aromatic N) is 4. The standard InChI is InChI=1S/C18H22N4O4S/c1-14-5-6-17(22(23)24)12-18(14)27(25,26)21-10-8-20(9-11-21)15(2)16-4-3-7-19-13-16/h3-7,12-13,15H,8-11H2,1-2H3/t15-/m0/s1. The van der Waals surface area contributed by atoms with Gasteiger partial charge in [-0.2, -0.15) is 4.31 Å². The van der Waals surface area contributed by atoms with E-state index >= 15 is 0 Å². The van der Waals surface area contributed by atoms with Crippen LogP contribution in [-0.4, -0.2) is 53.7 Å². The summed E-state index contributed by atoms with van der Waals surface area (Å²) in [4.78, 5) is 16.8. The number of piperazine rings is 1. The maximum atomic E-state index is 13.0. The van der Waals surface area contributed by atoms with Gasteiger partial charge in [-0.1, -0.05) is 12.1 Å². The van der Waals surface area contributed by atoms with Crippen molar-refractivity contribution in [1.82, 2.24) is 14.2 Å². The Morgan fingerprint density at radius 1 is 1.19 bits per heavy atom. The van der Waals surface area contributed by atoms with E-state index in [0.717, 1.165) is 11.6 Å². The molecule has 8 nitrogen and oxygen atoms in total. The smallest absolute Gasteiger partial charge is 0.270 e. The van der Waals surface area contributed by atoms with E-state index in [4.69, 9.17) is 0 Å². The summed E-state index contributed by atoms with van der Waals surface area (Å²) in [6, 6.07) is 7.98. The molecule has 2 heterocycles. The van der Waals surface area contributed by atoms with Crippen molar-refractivity contribution in [1.29, 1.82) is 0 Å². The van der Waals surface area contributed by atoms with Crippen molar-refractivity contribution in [3.63, 3.8) is 0 Å². The molecule has 144 valence electrons. The minimum atomic E-state index is -3.77. The van der Waals surface area contributed by atoms with Gasteiger partial charge >= 0.3 is 0 Å². The number of hydrogen-bond donors (Lipinski definition) is 0. The SMILES string of the molecule is Cc1ccc([N+](=O)[O-])cc1S(=O)(=O)N1CCN([C@@H](C)c2cccnc2)CC1. The first kappa shape index (κ1) is 19.4. The maximum absolute atomic E-state index is 13.0. The van der Waals surface area contributed by atoms with Gasteiger partial charge in [0.05, 0.1) is 9.82 Å². The van der Waals surface area contributed by atoms with Crippen LogP contribution in [0.25, 0.3) is 0 Å². The van der Waals surface area contributed by atoms with E-state index in [0.29, 0.717) is 31.7 Å². The minimum Gasteiger partial charge on any atom is -0.294 e. The number of sulfonamides is 1. The van der Waals surface area contributed by atoms with Crippen LogP contribution in [0.5, 0.6) is 0 Å². The largest absolute Gasteiger partial charge is 0.294 e. The first-order chi connectivity index (χ1) is 12.8. The molecule has 1 aromatic heterocycles. The van der Waals surface area contributed by atoms with Gasteiger partial charge in [-0.3, -0.25) is 20.0 Å². The number of benzene rings is 1. The number of nitro groups is 1. The summed E-state index contributed by atoms with van der Waals surface area (Å²) in [7, 11) is -3.77. The molecular formula is C18H22N4O4S. The van der Waals surface area contributed by atoms with Gasteiger partial charge in [0, 0.05) is 56.7 Å². The zero-order chi connectivity index (χ0) is 19.6. The van der Waals surface area contributed by atoms with E-state index in [1.807, 2.05) is 18.3 Å².